The maximum absolute atomic E-state index is 9.51. The van der Waals surface area contributed by atoms with Crippen molar-refractivity contribution in [3.63, 3.8) is 0 Å². The molecule has 1 aromatic heterocycles. The van der Waals surface area contributed by atoms with E-state index in [0.717, 1.165) is 43.8 Å². The molecule has 0 atom stereocenters. The maximum Gasteiger partial charge on any atom is 0.136 e. The Kier molecular flexibility index (Phi) is 4.64. The molecule has 1 heteroatoms. The van der Waals surface area contributed by atoms with Crippen LogP contribution in [0.25, 0.3) is 98.8 Å². The first kappa shape index (κ1) is 22.4. The molecule has 9 aromatic carbocycles. The molecule has 0 fully saturated rings. The van der Waals surface area contributed by atoms with E-state index in [4.69, 9.17) is 9.90 Å². The minimum atomic E-state index is -0.434. The lowest BCUT2D eigenvalue weighted by Crippen LogP contribution is -2.14. The van der Waals surface area contributed by atoms with E-state index < -0.39 is 24.2 Å². The molecule has 52 heavy (non-hydrogen) atoms. The lowest BCUT2D eigenvalue weighted by atomic mass is 9.82. The number of fused-ring (bicyclic) bond motifs is 9. The van der Waals surface area contributed by atoms with Gasteiger partial charge in [-0.05, 0) is 118 Å². The van der Waals surface area contributed by atoms with E-state index >= 15 is 0 Å². The summed E-state index contributed by atoms with van der Waals surface area (Å²) in [7, 11) is 0. The molecule has 11 rings (SSSR count). The molecule has 1 aliphatic rings. The van der Waals surface area contributed by atoms with Gasteiger partial charge in [0.2, 0.25) is 0 Å². The SMILES string of the molecule is [2H]c1c([2H])c([2H])c2c(-c3ccc4oc5cc6ccccc6cc5c4c3)c3c([2H])c([2H])c([2H])c([2H])c3c(-c3cccc(-c4cccc5c4-c4ccccc4C5(C)C)c3)c2c1[2H]. The average Bonchev–Trinajstić information content (AvgIpc) is 3.74. The lowest BCUT2D eigenvalue weighted by molar-refractivity contribution is 0.660. The monoisotopic (exact) mass is 670 g/mol. The molecule has 10 aromatic rings. The Morgan fingerprint density at radius 2 is 0.981 bits per heavy atom. The van der Waals surface area contributed by atoms with Crippen LogP contribution in [0, 0.1) is 0 Å². The Bertz CT molecular complexity index is 3480. The van der Waals surface area contributed by atoms with Gasteiger partial charge in [0.25, 0.3) is 0 Å². The van der Waals surface area contributed by atoms with Gasteiger partial charge >= 0.3 is 0 Å². The fraction of sp³-hybridized carbons (Fsp3) is 0.0588. The summed E-state index contributed by atoms with van der Waals surface area (Å²) >= 11 is 0. The molecule has 0 saturated heterocycles. The van der Waals surface area contributed by atoms with Crippen molar-refractivity contribution >= 4 is 54.3 Å². The highest BCUT2D eigenvalue weighted by Crippen LogP contribution is 2.52. The summed E-state index contributed by atoms with van der Waals surface area (Å²) in [5, 5.41) is 4.39. The van der Waals surface area contributed by atoms with Crippen molar-refractivity contribution in [2.24, 2.45) is 0 Å². The smallest absolute Gasteiger partial charge is 0.136 e. The Balaban J connectivity index is 1.26. The van der Waals surface area contributed by atoms with E-state index in [1.807, 2.05) is 72.8 Å². The lowest BCUT2D eigenvalue weighted by Gasteiger charge is -2.21. The van der Waals surface area contributed by atoms with Crippen LogP contribution < -0.4 is 0 Å². The molecular weight excluding hydrogens is 629 g/mol. The molecule has 0 radical (unpaired) electrons. The van der Waals surface area contributed by atoms with Crippen LogP contribution in [0.3, 0.4) is 0 Å². The Hall–Kier alpha value is -6.44. The third-order valence-corrected chi connectivity index (χ3v) is 11.1. The first-order valence-electron chi connectivity index (χ1n) is 21.5. The normalized spacial score (nSPS) is 15.5. The summed E-state index contributed by atoms with van der Waals surface area (Å²) in [6.07, 6.45) is 0. The van der Waals surface area contributed by atoms with Gasteiger partial charge in [-0.25, -0.2) is 0 Å². The van der Waals surface area contributed by atoms with Gasteiger partial charge in [0.05, 0.1) is 11.0 Å². The number of furan rings is 1. The van der Waals surface area contributed by atoms with E-state index in [2.05, 4.69) is 56.3 Å². The summed E-state index contributed by atoms with van der Waals surface area (Å²) in [5.74, 6) is 0. The van der Waals surface area contributed by atoms with Crippen LogP contribution in [0.5, 0.6) is 0 Å². The predicted octanol–water partition coefficient (Wildman–Crippen LogP) is 14.4. The van der Waals surface area contributed by atoms with Gasteiger partial charge in [0, 0.05) is 16.2 Å². The van der Waals surface area contributed by atoms with Crippen LogP contribution in [0.1, 0.15) is 35.9 Å². The third kappa shape index (κ3) is 4.11. The molecule has 0 unspecified atom stereocenters. The first-order valence-corrected chi connectivity index (χ1v) is 17.5. The second kappa shape index (κ2) is 10.8. The molecule has 1 aliphatic carbocycles. The van der Waals surface area contributed by atoms with Crippen LogP contribution in [0.4, 0.5) is 0 Å². The van der Waals surface area contributed by atoms with E-state index in [1.165, 1.54) is 11.1 Å². The fourth-order valence-electron chi connectivity index (χ4n) is 8.66. The highest BCUT2D eigenvalue weighted by molar-refractivity contribution is 6.22. The van der Waals surface area contributed by atoms with Crippen molar-refractivity contribution in [2.45, 2.75) is 19.3 Å². The number of benzene rings is 9. The van der Waals surface area contributed by atoms with Gasteiger partial charge in [-0.2, -0.15) is 0 Å². The van der Waals surface area contributed by atoms with Crippen molar-refractivity contribution < 1.29 is 15.4 Å². The van der Waals surface area contributed by atoms with Gasteiger partial charge < -0.3 is 4.42 Å². The molecule has 0 N–H and O–H groups in total. The largest absolute Gasteiger partial charge is 0.456 e. The van der Waals surface area contributed by atoms with E-state index in [9.17, 15) is 5.48 Å². The van der Waals surface area contributed by atoms with Crippen LogP contribution in [-0.4, -0.2) is 0 Å². The highest BCUT2D eigenvalue weighted by atomic mass is 16.3. The highest BCUT2D eigenvalue weighted by Gasteiger charge is 2.36. The molecule has 1 heterocycles. The molecule has 0 spiro atoms. The number of rotatable bonds is 3. The standard InChI is InChI=1S/C51H34O/c1-51(2)44-23-10-9-21-41(44)50-36(22-12-24-45(50)51)33-15-11-16-34(27-33)48-37-17-5-7-19-39(37)49(40-20-8-6-18-38(40)48)35-25-26-46-42(29-35)43-28-31-13-3-4-14-32(31)30-47(43)52-46/h3-30H,1-2H3/i5D,6D,7D,8D,17D,18D,19D,20D. The fourth-order valence-corrected chi connectivity index (χ4v) is 8.66. The number of hydrogen-bond acceptors (Lipinski definition) is 1. The van der Waals surface area contributed by atoms with Crippen molar-refractivity contribution in [1.29, 1.82) is 0 Å². The van der Waals surface area contributed by atoms with Crippen LogP contribution in [0.2, 0.25) is 0 Å². The second-order valence-corrected chi connectivity index (χ2v) is 14.2. The van der Waals surface area contributed by atoms with Crippen molar-refractivity contribution in [3.8, 4) is 44.5 Å². The topological polar surface area (TPSA) is 13.1 Å². The van der Waals surface area contributed by atoms with Gasteiger partial charge in [-0.1, -0.05) is 153 Å². The quantitative estimate of drug-likeness (QED) is 0.171. The van der Waals surface area contributed by atoms with E-state index in [-0.39, 0.29) is 51.1 Å². The molecule has 244 valence electrons. The first-order chi connectivity index (χ1) is 28.9. The maximum atomic E-state index is 9.51. The van der Waals surface area contributed by atoms with Gasteiger partial charge in [0.15, 0.2) is 0 Å². The minimum absolute atomic E-state index is 0.174. The Morgan fingerprint density at radius 3 is 1.71 bits per heavy atom. The zero-order chi connectivity index (χ0) is 41.5. The van der Waals surface area contributed by atoms with Crippen molar-refractivity contribution in [1.82, 2.24) is 0 Å². The molecule has 0 bridgehead atoms. The summed E-state index contributed by atoms with van der Waals surface area (Å²) in [4.78, 5) is 0. The molecule has 1 nitrogen and oxygen atoms in total. The summed E-state index contributed by atoms with van der Waals surface area (Å²) in [5.41, 5.74) is 9.37. The average molecular weight is 671 g/mol. The van der Waals surface area contributed by atoms with E-state index in [0.29, 0.717) is 33.4 Å². The predicted molar refractivity (Wildman–Crippen MR) is 220 cm³/mol. The summed E-state index contributed by atoms with van der Waals surface area (Å²) in [6, 6.07) is 37.2. The molecule has 0 amide bonds. The van der Waals surface area contributed by atoms with Gasteiger partial charge in [0.1, 0.15) is 11.2 Å². The zero-order valence-electron chi connectivity index (χ0n) is 36.5. The second-order valence-electron chi connectivity index (χ2n) is 14.2. The van der Waals surface area contributed by atoms with E-state index in [1.54, 1.807) is 6.07 Å². The summed E-state index contributed by atoms with van der Waals surface area (Å²) < 4.78 is 80.0. The Morgan fingerprint density at radius 1 is 0.423 bits per heavy atom. The van der Waals surface area contributed by atoms with Gasteiger partial charge in [-0.15, -0.1) is 0 Å². The van der Waals surface area contributed by atoms with Crippen LogP contribution in [0.15, 0.2) is 174 Å². The molecular formula is C51H34O. The van der Waals surface area contributed by atoms with Crippen LogP contribution in [-0.2, 0) is 5.41 Å². The van der Waals surface area contributed by atoms with Crippen molar-refractivity contribution in [3.05, 3.63) is 181 Å². The van der Waals surface area contributed by atoms with Gasteiger partial charge in [-0.3, -0.25) is 0 Å². The van der Waals surface area contributed by atoms with Crippen LogP contribution >= 0.6 is 0 Å². The summed E-state index contributed by atoms with van der Waals surface area (Å²) in [6.45, 7) is 4.46. The molecule has 0 aliphatic heterocycles. The Labute approximate surface area is 313 Å². The number of hydrogen-bond donors (Lipinski definition) is 0. The third-order valence-electron chi connectivity index (χ3n) is 11.1. The van der Waals surface area contributed by atoms with Crippen molar-refractivity contribution in [2.75, 3.05) is 0 Å². The molecule has 0 saturated carbocycles. The zero-order valence-corrected chi connectivity index (χ0v) is 28.5. The minimum Gasteiger partial charge on any atom is -0.456 e.